The number of hydrogen-bond acceptors (Lipinski definition) is 6. The van der Waals surface area contributed by atoms with Crippen LogP contribution < -0.4 is 11.2 Å². The molecule has 1 unspecified atom stereocenters. The molecule has 1 N–H and O–H groups in total. The van der Waals surface area contributed by atoms with Gasteiger partial charge < -0.3 is 9.63 Å². The first-order chi connectivity index (χ1) is 13.7. The van der Waals surface area contributed by atoms with Crippen molar-refractivity contribution in [3.05, 3.63) is 79.2 Å². The van der Waals surface area contributed by atoms with E-state index < -0.39 is 23.0 Å². The Morgan fingerprint density at radius 1 is 1.34 bits per heavy atom. The summed E-state index contributed by atoms with van der Waals surface area (Å²) in [6.45, 7) is 1.32. The first-order valence-corrected chi connectivity index (χ1v) is 9.41. The number of aliphatic hydroxyl groups is 1. The molecule has 4 rings (SSSR count). The van der Waals surface area contributed by atoms with Gasteiger partial charge in [-0.1, -0.05) is 28.9 Å². The van der Waals surface area contributed by atoms with Crippen LogP contribution in [0.2, 0.25) is 5.02 Å². The quantitative estimate of drug-likeness (QED) is 0.676. The van der Waals surface area contributed by atoms with Crippen LogP contribution >= 0.6 is 11.6 Å². The number of hydrogen-bond donors (Lipinski definition) is 1. The lowest BCUT2D eigenvalue weighted by molar-refractivity contribution is 0.174. The molecule has 0 radical (unpaired) electrons. The van der Waals surface area contributed by atoms with Crippen molar-refractivity contribution in [1.29, 1.82) is 0 Å². The zero-order chi connectivity index (χ0) is 20.8. The van der Waals surface area contributed by atoms with E-state index in [4.69, 9.17) is 16.1 Å². The van der Waals surface area contributed by atoms with Crippen LogP contribution in [0.4, 0.5) is 4.39 Å². The minimum atomic E-state index is -1.70. The molecule has 0 saturated heterocycles. The topological polar surface area (TPSA) is 103 Å². The number of rotatable bonds is 5. The molecular formula is C19H18ClFN4O4. The lowest BCUT2D eigenvalue weighted by Gasteiger charge is -2.13. The van der Waals surface area contributed by atoms with E-state index in [0.29, 0.717) is 10.6 Å². The van der Waals surface area contributed by atoms with Crippen LogP contribution in [0.15, 0.2) is 44.4 Å². The van der Waals surface area contributed by atoms with E-state index >= 15 is 0 Å². The normalized spacial score (nSPS) is 19.3. The van der Waals surface area contributed by atoms with Crippen molar-refractivity contribution in [1.82, 2.24) is 19.3 Å². The number of aliphatic hydroxyl groups excluding tert-OH is 1. The number of alkyl halides is 1. The highest BCUT2D eigenvalue weighted by atomic mass is 35.5. The van der Waals surface area contributed by atoms with Gasteiger partial charge in [0.1, 0.15) is 12.2 Å². The first kappa shape index (κ1) is 19.5. The van der Waals surface area contributed by atoms with Crippen molar-refractivity contribution in [2.45, 2.75) is 44.6 Å². The van der Waals surface area contributed by atoms with E-state index in [2.05, 4.69) is 10.1 Å². The highest BCUT2D eigenvalue weighted by molar-refractivity contribution is 6.30. The second kappa shape index (κ2) is 7.23. The van der Waals surface area contributed by atoms with E-state index in [1.165, 1.54) is 11.5 Å². The van der Waals surface area contributed by atoms with Crippen molar-refractivity contribution in [2.75, 3.05) is 0 Å². The number of benzene rings is 1. The number of fused-ring (bicyclic) bond motifs is 1. The molecule has 0 spiro atoms. The summed E-state index contributed by atoms with van der Waals surface area (Å²) in [5.41, 5.74) is -2.22. The Labute approximate surface area is 169 Å². The molecule has 1 aromatic carbocycles. The molecule has 1 aliphatic heterocycles. The van der Waals surface area contributed by atoms with Crippen LogP contribution in [0.5, 0.6) is 0 Å². The SMILES string of the molecule is CC1(F)CCn2c1cc(=O)n(Cc1nc(C[C@H](O)c3ccc(Cl)cc3)no1)c2=O. The summed E-state index contributed by atoms with van der Waals surface area (Å²) in [5, 5.41) is 14.6. The maximum absolute atomic E-state index is 14.4. The maximum atomic E-state index is 14.4. The Kier molecular flexibility index (Phi) is 4.87. The van der Waals surface area contributed by atoms with Crippen molar-refractivity contribution in [3.63, 3.8) is 0 Å². The molecular weight excluding hydrogens is 403 g/mol. The molecule has 2 aromatic heterocycles. The van der Waals surface area contributed by atoms with Crippen LogP contribution in [0, 0.1) is 0 Å². The molecule has 8 nitrogen and oxygen atoms in total. The summed E-state index contributed by atoms with van der Waals surface area (Å²) in [6.07, 6.45) is -0.643. The summed E-state index contributed by atoms with van der Waals surface area (Å²) in [5.74, 6) is 0.275. The molecule has 0 amide bonds. The van der Waals surface area contributed by atoms with E-state index in [0.717, 1.165) is 10.6 Å². The third-order valence-corrected chi connectivity index (χ3v) is 5.30. The Hall–Kier alpha value is -2.78. The van der Waals surface area contributed by atoms with Gasteiger partial charge in [-0.25, -0.2) is 9.18 Å². The minimum Gasteiger partial charge on any atom is -0.388 e. The molecule has 0 saturated carbocycles. The number of aromatic nitrogens is 4. The van der Waals surface area contributed by atoms with Gasteiger partial charge in [-0.3, -0.25) is 13.9 Å². The molecule has 0 bridgehead atoms. The highest BCUT2D eigenvalue weighted by Crippen LogP contribution is 2.33. The third kappa shape index (κ3) is 3.75. The number of halogens is 2. The van der Waals surface area contributed by atoms with Gasteiger partial charge in [-0.2, -0.15) is 4.98 Å². The highest BCUT2D eigenvalue weighted by Gasteiger charge is 2.36. The summed E-state index contributed by atoms with van der Waals surface area (Å²) >= 11 is 5.84. The standard InChI is InChI=1S/C19H18ClFN4O4/c1-19(21)6-7-24-14(19)9-17(27)25(18(24)28)10-16-22-15(23-29-16)8-13(26)11-2-4-12(20)5-3-11/h2-5,9,13,26H,6-8,10H2,1H3/t13-,19?/m0/s1. The molecule has 29 heavy (non-hydrogen) atoms. The average molecular weight is 421 g/mol. The predicted molar refractivity (Wildman–Crippen MR) is 102 cm³/mol. The van der Waals surface area contributed by atoms with Gasteiger partial charge in [0.05, 0.1) is 11.8 Å². The summed E-state index contributed by atoms with van der Waals surface area (Å²) in [6, 6.07) is 7.85. The van der Waals surface area contributed by atoms with Crippen molar-refractivity contribution < 1.29 is 14.0 Å². The second-order valence-electron chi connectivity index (χ2n) is 7.21. The predicted octanol–water partition coefficient (Wildman–Crippen LogP) is 1.96. The average Bonchev–Trinajstić information content (AvgIpc) is 3.23. The molecule has 2 atom stereocenters. The molecule has 1 aliphatic rings. The zero-order valence-corrected chi connectivity index (χ0v) is 16.3. The molecule has 152 valence electrons. The van der Waals surface area contributed by atoms with Gasteiger partial charge in [-0.15, -0.1) is 0 Å². The fraction of sp³-hybridized carbons (Fsp3) is 0.368. The van der Waals surface area contributed by atoms with E-state index in [-0.39, 0.29) is 43.3 Å². The smallest absolute Gasteiger partial charge is 0.331 e. The Morgan fingerprint density at radius 3 is 2.79 bits per heavy atom. The van der Waals surface area contributed by atoms with Crippen molar-refractivity contribution >= 4 is 11.6 Å². The van der Waals surface area contributed by atoms with Gasteiger partial charge in [-0.05, 0) is 24.6 Å². The Balaban J connectivity index is 1.54. The first-order valence-electron chi connectivity index (χ1n) is 9.04. The van der Waals surface area contributed by atoms with E-state index in [1.807, 2.05) is 0 Å². The zero-order valence-electron chi connectivity index (χ0n) is 15.5. The Morgan fingerprint density at radius 2 is 2.07 bits per heavy atom. The maximum Gasteiger partial charge on any atom is 0.331 e. The monoisotopic (exact) mass is 420 g/mol. The van der Waals surface area contributed by atoms with Crippen LogP contribution in [0.3, 0.4) is 0 Å². The molecule has 0 fully saturated rings. The van der Waals surface area contributed by atoms with Crippen LogP contribution in [-0.4, -0.2) is 24.4 Å². The molecule has 0 aliphatic carbocycles. The Bertz CT molecular complexity index is 1170. The fourth-order valence-corrected chi connectivity index (χ4v) is 3.53. The van der Waals surface area contributed by atoms with Crippen LogP contribution in [0.25, 0.3) is 0 Å². The third-order valence-electron chi connectivity index (χ3n) is 5.05. The largest absolute Gasteiger partial charge is 0.388 e. The van der Waals surface area contributed by atoms with Crippen LogP contribution in [0.1, 0.15) is 42.4 Å². The van der Waals surface area contributed by atoms with Crippen molar-refractivity contribution in [3.8, 4) is 0 Å². The second-order valence-corrected chi connectivity index (χ2v) is 7.65. The lowest BCUT2D eigenvalue weighted by atomic mass is 10.0. The van der Waals surface area contributed by atoms with Gasteiger partial charge in [0.2, 0.25) is 5.89 Å². The van der Waals surface area contributed by atoms with Gasteiger partial charge in [0.25, 0.3) is 5.56 Å². The minimum absolute atomic E-state index is 0.0454. The summed E-state index contributed by atoms with van der Waals surface area (Å²) in [7, 11) is 0. The van der Waals surface area contributed by atoms with Crippen LogP contribution in [-0.2, 0) is 25.2 Å². The van der Waals surface area contributed by atoms with E-state index in [1.54, 1.807) is 24.3 Å². The van der Waals surface area contributed by atoms with Gasteiger partial charge in [0, 0.05) is 30.5 Å². The lowest BCUT2D eigenvalue weighted by Crippen LogP contribution is -2.40. The summed E-state index contributed by atoms with van der Waals surface area (Å²) in [4.78, 5) is 29.1. The molecule has 3 aromatic rings. The van der Waals surface area contributed by atoms with E-state index in [9.17, 15) is 19.1 Å². The van der Waals surface area contributed by atoms with Gasteiger partial charge >= 0.3 is 5.69 Å². The van der Waals surface area contributed by atoms with Gasteiger partial charge in [0.15, 0.2) is 5.82 Å². The molecule has 3 heterocycles. The molecule has 10 heteroatoms. The van der Waals surface area contributed by atoms with Crippen molar-refractivity contribution in [2.24, 2.45) is 0 Å². The fourth-order valence-electron chi connectivity index (χ4n) is 3.41. The number of nitrogens with zero attached hydrogens (tertiary/aromatic N) is 4. The summed E-state index contributed by atoms with van der Waals surface area (Å²) < 4.78 is 21.7.